The highest BCUT2D eigenvalue weighted by Crippen LogP contribution is 2.20. The maximum Gasteiger partial charge on any atom is 0.203 e. The molecule has 0 aliphatic carbocycles. The second kappa shape index (κ2) is 8.20. The number of benzene rings is 2. The van der Waals surface area contributed by atoms with Crippen LogP contribution in [-0.4, -0.2) is 39.8 Å². The van der Waals surface area contributed by atoms with Crippen LogP contribution in [0, 0.1) is 5.41 Å². The standard InChI is InChI=1S/C20H25BrN4O/c1-23(2)12-5-13-24-17-6-3-4-7-18(17)25(20(24)22)14-19(26)15-8-10-16(21)11-9-15/h3-4,6-11,19,22,26H,5,12-14H2,1-2H3. The van der Waals surface area contributed by atoms with Crippen LogP contribution in [0.3, 0.4) is 0 Å². The Bertz CT molecular complexity index is 927. The van der Waals surface area contributed by atoms with Crippen molar-refractivity contribution in [3.63, 3.8) is 0 Å². The van der Waals surface area contributed by atoms with Crippen LogP contribution < -0.4 is 5.62 Å². The van der Waals surface area contributed by atoms with Crippen LogP contribution in [0.5, 0.6) is 0 Å². The molecule has 0 aliphatic rings. The zero-order chi connectivity index (χ0) is 18.7. The van der Waals surface area contributed by atoms with Crippen LogP contribution in [0.1, 0.15) is 18.1 Å². The molecule has 3 aromatic rings. The van der Waals surface area contributed by atoms with Crippen molar-refractivity contribution in [1.29, 1.82) is 5.41 Å². The van der Waals surface area contributed by atoms with Crippen molar-refractivity contribution in [1.82, 2.24) is 14.0 Å². The van der Waals surface area contributed by atoms with Crippen LogP contribution in [0.15, 0.2) is 53.0 Å². The van der Waals surface area contributed by atoms with E-state index in [1.54, 1.807) is 0 Å². The Kier molecular flexibility index (Phi) is 5.96. The number of fused-ring (bicyclic) bond motifs is 1. The third-order valence-electron chi connectivity index (χ3n) is 4.57. The molecule has 5 nitrogen and oxygen atoms in total. The van der Waals surface area contributed by atoms with Gasteiger partial charge in [0.05, 0.1) is 23.7 Å². The van der Waals surface area contributed by atoms with Crippen molar-refractivity contribution in [3.05, 3.63) is 64.2 Å². The molecule has 0 radical (unpaired) electrons. The van der Waals surface area contributed by atoms with Crippen molar-refractivity contribution in [2.45, 2.75) is 25.6 Å². The van der Waals surface area contributed by atoms with E-state index in [-0.39, 0.29) is 0 Å². The van der Waals surface area contributed by atoms with Gasteiger partial charge in [0.1, 0.15) is 0 Å². The number of hydrogen-bond donors (Lipinski definition) is 2. The van der Waals surface area contributed by atoms with Gasteiger partial charge in [0.25, 0.3) is 0 Å². The van der Waals surface area contributed by atoms with Gasteiger partial charge in [-0.15, -0.1) is 0 Å². The van der Waals surface area contributed by atoms with Gasteiger partial charge < -0.3 is 19.1 Å². The van der Waals surface area contributed by atoms with E-state index >= 15 is 0 Å². The Balaban J connectivity index is 1.91. The molecule has 1 atom stereocenters. The number of hydrogen-bond acceptors (Lipinski definition) is 3. The Morgan fingerprint density at radius 1 is 1.04 bits per heavy atom. The fraction of sp³-hybridized carbons (Fsp3) is 0.350. The third kappa shape index (κ3) is 4.09. The summed E-state index contributed by atoms with van der Waals surface area (Å²) in [5.74, 6) is 0. The highest BCUT2D eigenvalue weighted by Gasteiger charge is 2.15. The van der Waals surface area contributed by atoms with Crippen LogP contribution in [0.4, 0.5) is 0 Å². The summed E-state index contributed by atoms with van der Waals surface area (Å²) in [6.45, 7) is 2.13. The molecule has 0 aliphatic heterocycles. The number of para-hydroxylation sites is 2. The summed E-state index contributed by atoms with van der Waals surface area (Å²) in [7, 11) is 4.12. The maximum absolute atomic E-state index is 10.7. The fourth-order valence-electron chi connectivity index (χ4n) is 3.21. The van der Waals surface area contributed by atoms with Crippen LogP contribution >= 0.6 is 15.9 Å². The lowest BCUT2D eigenvalue weighted by Crippen LogP contribution is -2.27. The monoisotopic (exact) mass is 416 g/mol. The average Bonchev–Trinajstić information content (AvgIpc) is 2.88. The molecule has 2 aromatic carbocycles. The molecule has 0 saturated carbocycles. The van der Waals surface area contributed by atoms with Crippen LogP contribution in [0.2, 0.25) is 0 Å². The Morgan fingerprint density at radius 3 is 2.27 bits per heavy atom. The lowest BCUT2D eigenvalue weighted by Gasteiger charge is -2.13. The molecule has 1 unspecified atom stereocenters. The summed E-state index contributed by atoms with van der Waals surface area (Å²) in [5.41, 5.74) is 3.31. The predicted octanol–water partition coefficient (Wildman–Crippen LogP) is 3.37. The number of nitrogens with one attached hydrogen (secondary N) is 1. The van der Waals surface area contributed by atoms with Gasteiger partial charge in [-0.2, -0.15) is 0 Å². The largest absolute Gasteiger partial charge is 0.387 e. The zero-order valence-corrected chi connectivity index (χ0v) is 16.8. The predicted molar refractivity (Wildman–Crippen MR) is 108 cm³/mol. The summed E-state index contributed by atoms with van der Waals surface area (Å²) in [4.78, 5) is 2.15. The van der Waals surface area contributed by atoms with Gasteiger partial charge in [-0.1, -0.05) is 40.2 Å². The van der Waals surface area contributed by atoms with E-state index in [1.807, 2.05) is 57.7 Å². The number of aromatic nitrogens is 2. The smallest absolute Gasteiger partial charge is 0.203 e. The molecule has 26 heavy (non-hydrogen) atoms. The Morgan fingerprint density at radius 2 is 1.65 bits per heavy atom. The van der Waals surface area contributed by atoms with Crippen molar-refractivity contribution in [3.8, 4) is 0 Å². The first-order valence-electron chi connectivity index (χ1n) is 8.78. The number of rotatable bonds is 7. The van der Waals surface area contributed by atoms with Crippen LogP contribution in [-0.2, 0) is 13.1 Å². The average molecular weight is 417 g/mol. The number of imidazole rings is 1. The summed E-state index contributed by atoms with van der Waals surface area (Å²) in [6.07, 6.45) is 0.325. The molecule has 0 bridgehead atoms. The van der Waals surface area contributed by atoms with Gasteiger partial charge in [0.15, 0.2) is 0 Å². The summed E-state index contributed by atoms with van der Waals surface area (Å²) in [6, 6.07) is 15.7. The molecule has 2 N–H and O–H groups in total. The van der Waals surface area contributed by atoms with Gasteiger partial charge in [-0.05, 0) is 56.9 Å². The minimum atomic E-state index is -0.654. The van der Waals surface area contributed by atoms with E-state index in [1.165, 1.54) is 0 Å². The fourth-order valence-corrected chi connectivity index (χ4v) is 3.48. The maximum atomic E-state index is 10.7. The van der Waals surface area contributed by atoms with E-state index in [9.17, 15) is 5.11 Å². The highest BCUT2D eigenvalue weighted by atomic mass is 79.9. The molecular formula is C20H25BrN4O. The third-order valence-corrected chi connectivity index (χ3v) is 5.10. The van der Waals surface area contributed by atoms with E-state index in [2.05, 4.69) is 34.9 Å². The molecule has 1 aromatic heterocycles. The van der Waals surface area contributed by atoms with Gasteiger partial charge in [-0.3, -0.25) is 5.41 Å². The lowest BCUT2D eigenvalue weighted by molar-refractivity contribution is 0.155. The second-order valence-corrected chi connectivity index (χ2v) is 7.71. The van der Waals surface area contributed by atoms with E-state index in [0.717, 1.165) is 40.6 Å². The quantitative estimate of drug-likeness (QED) is 0.620. The highest BCUT2D eigenvalue weighted by molar-refractivity contribution is 9.10. The Hall–Kier alpha value is -1.89. The van der Waals surface area contributed by atoms with Crippen molar-refractivity contribution < 1.29 is 5.11 Å². The number of aryl methyl sites for hydroxylation is 1. The SMILES string of the molecule is CN(C)CCCn1c(=N)n(CC(O)c2ccc(Br)cc2)c2ccccc21. The molecule has 0 fully saturated rings. The van der Waals surface area contributed by atoms with Crippen molar-refractivity contribution in [2.75, 3.05) is 20.6 Å². The van der Waals surface area contributed by atoms with Gasteiger partial charge in [-0.25, -0.2) is 0 Å². The lowest BCUT2D eigenvalue weighted by atomic mass is 10.1. The summed E-state index contributed by atoms with van der Waals surface area (Å²) in [5, 5.41) is 19.3. The molecule has 0 spiro atoms. The molecule has 3 rings (SSSR count). The van der Waals surface area contributed by atoms with Crippen molar-refractivity contribution >= 4 is 27.0 Å². The van der Waals surface area contributed by atoms with Crippen molar-refractivity contribution in [2.24, 2.45) is 0 Å². The summed E-state index contributed by atoms with van der Waals surface area (Å²) >= 11 is 3.42. The number of halogens is 1. The first-order chi connectivity index (χ1) is 12.5. The van der Waals surface area contributed by atoms with Crippen LogP contribution in [0.25, 0.3) is 11.0 Å². The summed E-state index contributed by atoms with van der Waals surface area (Å²) < 4.78 is 4.92. The number of nitrogens with zero attached hydrogens (tertiary/aromatic N) is 3. The van der Waals surface area contributed by atoms with E-state index in [0.29, 0.717) is 12.2 Å². The molecule has 0 saturated heterocycles. The molecule has 0 amide bonds. The number of aliphatic hydroxyl groups excluding tert-OH is 1. The second-order valence-electron chi connectivity index (χ2n) is 6.80. The first kappa shape index (κ1) is 18.9. The minimum absolute atomic E-state index is 0.363. The topological polar surface area (TPSA) is 57.2 Å². The van der Waals surface area contributed by atoms with E-state index in [4.69, 9.17) is 5.41 Å². The van der Waals surface area contributed by atoms with E-state index < -0.39 is 6.10 Å². The minimum Gasteiger partial charge on any atom is -0.387 e. The molecule has 138 valence electrons. The zero-order valence-electron chi connectivity index (χ0n) is 15.2. The van der Waals surface area contributed by atoms with Gasteiger partial charge >= 0.3 is 0 Å². The Labute approximate surface area is 162 Å². The normalized spacial score (nSPS) is 12.8. The van der Waals surface area contributed by atoms with Gasteiger partial charge in [0.2, 0.25) is 5.62 Å². The molecule has 1 heterocycles. The first-order valence-corrected chi connectivity index (χ1v) is 9.57. The number of aliphatic hydroxyl groups is 1. The van der Waals surface area contributed by atoms with Gasteiger partial charge in [0, 0.05) is 11.0 Å². The molecular weight excluding hydrogens is 392 g/mol. The molecule has 6 heteroatoms.